The topological polar surface area (TPSA) is 72.9 Å². The highest BCUT2D eigenvalue weighted by Gasteiger charge is 2.38. The van der Waals surface area contributed by atoms with Crippen LogP contribution in [-0.2, 0) is 4.79 Å². The largest absolute Gasteiger partial charge is 0.481 e. The van der Waals surface area contributed by atoms with Gasteiger partial charge in [-0.25, -0.2) is 4.79 Å². The van der Waals surface area contributed by atoms with Crippen molar-refractivity contribution in [1.29, 1.82) is 0 Å². The second-order valence-electron chi connectivity index (χ2n) is 5.47. The quantitative estimate of drug-likeness (QED) is 0.752. The number of nitrogens with zero attached hydrogens (tertiary/aromatic N) is 2. The highest BCUT2D eigenvalue weighted by atomic mass is 16.4. The average molecular weight is 255 g/mol. The molecule has 0 radical (unpaired) electrons. The number of carboxylic acid groups (broad SMARTS) is 1. The van der Waals surface area contributed by atoms with Gasteiger partial charge in [0, 0.05) is 19.1 Å². The predicted molar refractivity (Wildman–Crippen MR) is 66.3 cm³/mol. The molecule has 3 unspecified atom stereocenters. The molecule has 18 heavy (non-hydrogen) atoms. The minimum absolute atomic E-state index is 0.00467. The minimum atomic E-state index is -0.862. The van der Waals surface area contributed by atoms with Gasteiger partial charge in [0.15, 0.2) is 0 Å². The lowest BCUT2D eigenvalue weighted by atomic mass is 9.99. The van der Waals surface area contributed by atoms with Crippen LogP contribution in [0.5, 0.6) is 0 Å². The number of carbonyl (C=O) groups excluding carboxylic acids is 1. The number of nitrogens with one attached hydrogen (secondary N) is 1. The highest BCUT2D eigenvalue weighted by molar-refractivity contribution is 5.78. The van der Waals surface area contributed by atoms with Gasteiger partial charge in [-0.1, -0.05) is 0 Å². The number of aliphatic carboxylic acids is 1. The summed E-state index contributed by atoms with van der Waals surface area (Å²) in [7, 11) is 2.08. The molecule has 0 bridgehead atoms. The van der Waals surface area contributed by atoms with Crippen LogP contribution < -0.4 is 5.32 Å². The van der Waals surface area contributed by atoms with Gasteiger partial charge in [-0.2, -0.15) is 0 Å². The molecule has 2 amide bonds. The van der Waals surface area contributed by atoms with E-state index in [1.165, 1.54) is 0 Å². The Kier molecular flexibility index (Phi) is 3.75. The van der Waals surface area contributed by atoms with Crippen molar-refractivity contribution in [2.45, 2.75) is 31.8 Å². The van der Waals surface area contributed by atoms with Crippen LogP contribution in [0.1, 0.15) is 19.8 Å². The summed E-state index contributed by atoms with van der Waals surface area (Å²) >= 11 is 0. The van der Waals surface area contributed by atoms with Gasteiger partial charge in [0.25, 0.3) is 0 Å². The van der Waals surface area contributed by atoms with E-state index in [1.807, 2.05) is 0 Å². The van der Waals surface area contributed by atoms with Crippen LogP contribution in [0.15, 0.2) is 0 Å². The summed E-state index contributed by atoms with van der Waals surface area (Å²) in [5, 5.41) is 11.8. The molecular weight excluding hydrogens is 234 g/mol. The lowest BCUT2D eigenvalue weighted by Crippen LogP contribution is -2.37. The monoisotopic (exact) mass is 255 g/mol. The Morgan fingerprint density at radius 1 is 1.56 bits per heavy atom. The van der Waals surface area contributed by atoms with Crippen LogP contribution in [-0.4, -0.2) is 65.7 Å². The van der Waals surface area contributed by atoms with Crippen LogP contribution in [0.2, 0.25) is 0 Å². The fourth-order valence-electron chi connectivity index (χ4n) is 2.89. The number of amides is 2. The Hall–Kier alpha value is -1.30. The molecule has 0 saturated carbocycles. The number of rotatable bonds is 4. The lowest BCUT2D eigenvalue weighted by molar-refractivity contribution is -0.137. The maximum Gasteiger partial charge on any atom is 0.318 e. The number of hydrogen-bond acceptors (Lipinski definition) is 3. The molecule has 0 aromatic heterocycles. The Morgan fingerprint density at radius 3 is 2.83 bits per heavy atom. The molecule has 102 valence electrons. The first-order valence-electron chi connectivity index (χ1n) is 6.45. The van der Waals surface area contributed by atoms with Crippen molar-refractivity contribution in [2.75, 3.05) is 26.7 Å². The predicted octanol–water partition coefficient (Wildman–Crippen LogP) is 0.195. The summed E-state index contributed by atoms with van der Waals surface area (Å²) in [6.07, 6.45) is 1.10. The van der Waals surface area contributed by atoms with Crippen molar-refractivity contribution in [3.8, 4) is 0 Å². The van der Waals surface area contributed by atoms with Gasteiger partial charge in [-0.3, -0.25) is 4.79 Å². The summed E-state index contributed by atoms with van der Waals surface area (Å²) in [5.74, 6) is -0.375. The van der Waals surface area contributed by atoms with Gasteiger partial charge in [0.05, 0.1) is 12.5 Å². The van der Waals surface area contributed by atoms with E-state index in [-0.39, 0.29) is 24.5 Å². The Labute approximate surface area is 107 Å². The zero-order valence-corrected chi connectivity index (χ0v) is 10.9. The molecule has 6 nitrogen and oxygen atoms in total. The average Bonchev–Trinajstić information content (AvgIpc) is 2.83. The Morgan fingerprint density at radius 2 is 2.28 bits per heavy atom. The van der Waals surface area contributed by atoms with Crippen LogP contribution in [0.3, 0.4) is 0 Å². The zero-order chi connectivity index (χ0) is 13.3. The fourth-order valence-corrected chi connectivity index (χ4v) is 2.89. The molecule has 2 rings (SSSR count). The molecule has 0 aliphatic carbocycles. The molecule has 0 aromatic carbocycles. The van der Waals surface area contributed by atoms with Crippen LogP contribution in [0.4, 0.5) is 4.79 Å². The van der Waals surface area contributed by atoms with E-state index >= 15 is 0 Å². The van der Waals surface area contributed by atoms with E-state index in [9.17, 15) is 9.59 Å². The summed E-state index contributed by atoms with van der Waals surface area (Å²) < 4.78 is 0. The lowest BCUT2D eigenvalue weighted by Gasteiger charge is -2.22. The summed E-state index contributed by atoms with van der Waals surface area (Å²) in [4.78, 5) is 26.5. The molecule has 2 fully saturated rings. The normalized spacial score (nSPS) is 30.6. The maximum atomic E-state index is 11.9. The van der Waals surface area contributed by atoms with E-state index in [2.05, 4.69) is 17.3 Å². The van der Waals surface area contributed by atoms with Gasteiger partial charge in [0.1, 0.15) is 0 Å². The van der Waals surface area contributed by atoms with Crippen molar-refractivity contribution in [3.05, 3.63) is 0 Å². The van der Waals surface area contributed by atoms with E-state index in [0.29, 0.717) is 12.5 Å². The van der Waals surface area contributed by atoms with Crippen molar-refractivity contribution in [2.24, 2.45) is 5.92 Å². The standard InChI is InChI=1S/C12H21N3O3/c1-8(5-11(16)17)15-7-10(13-12(15)18)9-3-4-14(2)6-9/h8-10H,3-7H2,1-2H3,(H,13,18)(H,16,17). The van der Waals surface area contributed by atoms with Crippen molar-refractivity contribution < 1.29 is 14.7 Å². The fraction of sp³-hybridized carbons (Fsp3) is 0.833. The first-order chi connectivity index (χ1) is 8.47. The van der Waals surface area contributed by atoms with Gasteiger partial charge in [0.2, 0.25) is 0 Å². The number of likely N-dealkylation sites (tertiary alicyclic amines) is 1. The van der Waals surface area contributed by atoms with Gasteiger partial charge >= 0.3 is 12.0 Å². The highest BCUT2D eigenvalue weighted by Crippen LogP contribution is 2.23. The third-order valence-corrected chi connectivity index (χ3v) is 3.96. The van der Waals surface area contributed by atoms with Crippen molar-refractivity contribution in [3.63, 3.8) is 0 Å². The first-order valence-corrected chi connectivity index (χ1v) is 6.45. The molecule has 0 aromatic rings. The summed E-state index contributed by atoms with van der Waals surface area (Å²) in [6, 6.07) is -0.200. The van der Waals surface area contributed by atoms with Crippen LogP contribution in [0, 0.1) is 5.92 Å². The molecule has 6 heteroatoms. The summed E-state index contributed by atoms with van der Waals surface area (Å²) in [5.41, 5.74) is 0. The zero-order valence-electron chi connectivity index (χ0n) is 10.9. The number of carbonyl (C=O) groups is 2. The van der Waals surface area contributed by atoms with Gasteiger partial charge in [-0.05, 0) is 32.9 Å². The number of carboxylic acids is 1. The first kappa shape index (κ1) is 13.1. The smallest absolute Gasteiger partial charge is 0.318 e. The molecule has 0 spiro atoms. The molecule has 3 atom stereocenters. The second-order valence-corrected chi connectivity index (χ2v) is 5.47. The van der Waals surface area contributed by atoms with E-state index in [4.69, 9.17) is 5.11 Å². The minimum Gasteiger partial charge on any atom is -0.481 e. The third kappa shape index (κ3) is 2.75. The maximum absolute atomic E-state index is 11.9. The molecular formula is C12H21N3O3. The SMILES string of the molecule is CC(CC(=O)O)N1CC(C2CCN(C)C2)NC1=O. The molecule has 2 aliphatic rings. The van der Waals surface area contributed by atoms with Gasteiger partial charge in [-0.15, -0.1) is 0 Å². The number of urea groups is 1. The van der Waals surface area contributed by atoms with Crippen LogP contribution >= 0.6 is 0 Å². The molecule has 2 N–H and O–H groups in total. The Balaban J connectivity index is 1.92. The van der Waals surface area contributed by atoms with Crippen LogP contribution in [0.25, 0.3) is 0 Å². The molecule has 2 aliphatic heterocycles. The second kappa shape index (κ2) is 5.14. The Bertz CT molecular complexity index is 347. The van der Waals surface area contributed by atoms with E-state index < -0.39 is 5.97 Å². The molecule has 2 saturated heterocycles. The van der Waals surface area contributed by atoms with E-state index in [1.54, 1.807) is 11.8 Å². The summed E-state index contributed by atoms with van der Waals surface area (Å²) in [6.45, 7) is 4.50. The van der Waals surface area contributed by atoms with Crippen molar-refractivity contribution in [1.82, 2.24) is 15.1 Å². The van der Waals surface area contributed by atoms with Crippen molar-refractivity contribution >= 4 is 12.0 Å². The van der Waals surface area contributed by atoms with E-state index in [0.717, 1.165) is 19.5 Å². The third-order valence-electron chi connectivity index (χ3n) is 3.96. The van der Waals surface area contributed by atoms with Gasteiger partial charge < -0.3 is 20.2 Å². The number of hydrogen-bond donors (Lipinski definition) is 2. The molecule has 2 heterocycles.